The molecule has 1 aliphatic carbocycles. The van der Waals surface area contributed by atoms with Gasteiger partial charge in [0.2, 0.25) is 5.75 Å². The minimum atomic E-state index is -0.842. The molecule has 0 fully saturated rings. The van der Waals surface area contributed by atoms with Crippen LogP contribution in [-0.2, 0) is 9.53 Å². The van der Waals surface area contributed by atoms with Gasteiger partial charge in [-0.3, -0.25) is 9.59 Å². The van der Waals surface area contributed by atoms with E-state index in [1.54, 1.807) is 13.0 Å². The number of methoxy groups -OCH3 is 3. The van der Waals surface area contributed by atoms with E-state index >= 15 is 0 Å². The Morgan fingerprint density at radius 1 is 1.08 bits per heavy atom. The summed E-state index contributed by atoms with van der Waals surface area (Å²) in [6.45, 7) is 3.98. The monoisotopic (exact) mass is 336 g/mol. The molecule has 0 spiro atoms. The Bertz CT molecular complexity index is 637. The van der Waals surface area contributed by atoms with Gasteiger partial charge in [0, 0.05) is 17.0 Å². The summed E-state index contributed by atoms with van der Waals surface area (Å²) < 4.78 is 21.4. The smallest absolute Gasteiger partial charge is 0.317 e. The van der Waals surface area contributed by atoms with E-state index in [2.05, 4.69) is 0 Å². The fourth-order valence-corrected chi connectivity index (χ4v) is 3.39. The molecule has 0 N–H and O–H groups in total. The lowest BCUT2D eigenvalue weighted by Crippen LogP contribution is -2.26. The van der Waals surface area contributed by atoms with E-state index in [-0.39, 0.29) is 18.3 Å². The molecule has 0 radical (unpaired) electrons. The van der Waals surface area contributed by atoms with Gasteiger partial charge in [0.1, 0.15) is 5.92 Å². The second-order valence-corrected chi connectivity index (χ2v) is 5.60. The van der Waals surface area contributed by atoms with Crippen LogP contribution in [0.1, 0.15) is 48.5 Å². The number of benzene rings is 1. The molecule has 0 aromatic heterocycles. The maximum absolute atomic E-state index is 12.9. The molecule has 2 atom stereocenters. The van der Waals surface area contributed by atoms with Gasteiger partial charge in [-0.2, -0.15) is 0 Å². The number of hydrogen-bond donors (Lipinski definition) is 0. The Labute approximate surface area is 142 Å². The van der Waals surface area contributed by atoms with Crippen LogP contribution in [0.5, 0.6) is 17.2 Å². The van der Waals surface area contributed by atoms with E-state index in [0.717, 1.165) is 6.42 Å². The predicted molar refractivity (Wildman–Crippen MR) is 88.2 cm³/mol. The predicted octanol–water partition coefficient (Wildman–Crippen LogP) is 2.97. The zero-order valence-corrected chi connectivity index (χ0v) is 14.8. The largest absolute Gasteiger partial charge is 0.493 e. The Morgan fingerprint density at radius 3 is 2.25 bits per heavy atom. The van der Waals surface area contributed by atoms with Crippen molar-refractivity contribution in [2.24, 2.45) is 5.92 Å². The number of esters is 1. The summed E-state index contributed by atoms with van der Waals surface area (Å²) in [7, 11) is 4.53. The first-order valence-electron chi connectivity index (χ1n) is 8.09. The van der Waals surface area contributed by atoms with Gasteiger partial charge in [0.15, 0.2) is 17.3 Å². The molecule has 0 unspecified atom stereocenters. The molecule has 1 aromatic rings. The standard InChI is InChI=1S/C18H24O6/c1-6-8-10-13-11(15(19)14(10)18(20)24-7-2)9-12(21-3)16(22-4)17(13)23-5/h9-10,14H,6-8H2,1-5H3/t10-,14+/m1/s1. The Balaban J connectivity index is 2.67. The van der Waals surface area contributed by atoms with Crippen molar-refractivity contribution in [1.29, 1.82) is 0 Å². The Hall–Kier alpha value is -2.24. The molecule has 0 amide bonds. The Morgan fingerprint density at radius 2 is 1.75 bits per heavy atom. The van der Waals surface area contributed by atoms with Gasteiger partial charge in [-0.15, -0.1) is 0 Å². The van der Waals surface area contributed by atoms with Gasteiger partial charge < -0.3 is 18.9 Å². The number of ketones is 1. The molecule has 0 saturated heterocycles. The lowest BCUT2D eigenvalue weighted by atomic mass is 9.87. The molecule has 132 valence electrons. The number of fused-ring (bicyclic) bond motifs is 1. The Kier molecular flexibility index (Phi) is 5.70. The van der Waals surface area contributed by atoms with E-state index in [1.165, 1.54) is 21.3 Å². The average molecular weight is 336 g/mol. The van der Waals surface area contributed by atoms with E-state index in [9.17, 15) is 9.59 Å². The van der Waals surface area contributed by atoms with Crippen molar-refractivity contribution < 1.29 is 28.5 Å². The summed E-state index contributed by atoms with van der Waals surface area (Å²) in [4.78, 5) is 25.3. The maximum atomic E-state index is 12.9. The molecule has 6 heteroatoms. The van der Waals surface area contributed by atoms with Crippen LogP contribution in [0.15, 0.2) is 6.07 Å². The summed E-state index contributed by atoms with van der Waals surface area (Å²) in [5.74, 6) is -0.584. The van der Waals surface area contributed by atoms with Gasteiger partial charge in [0.05, 0.1) is 27.9 Å². The first-order chi connectivity index (χ1) is 11.5. The van der Waals surface area contributed by atoms with Crippen LogP contribution < -0.4 is 14.2 Å². The lowest BCUT2D eigenvalue weighted by Gasteiger charge is -2.20. The van der Waals surface area contributed by atoms with Gasteiger partial charge in [-0.1, -0.05) is 13.3 Å². The molecule has 0 aliphatic heterocycles. The van der Waals surface area contributed by atoms with Crippen molar-refractivity contribution in [2.75, 3.05) is 27.9 Å². The minimum absolute atomic E-state index is 0.238. The van der Waals surface area contributed by atoms with Gasteiger partial charge in [0.25, 0.3) is 0 Å². The summed E-state index contributed by atoms with van der Waals surface area (Å²) in [5, 5.41) is 0. The minimum Gasteiger partial charge on any atom is -0.493 e. The van der Waals surface area contributed by atoms with Gasteiger partial charge >= 0.3 is 5.97 Å². The molecule has 1 aliphatic rings. The van der Waals surface area contributed by atoms with Crippen molar-refractivity contribution in [1.82, 2.24) is 0 Å². The highest BCUT2D eigenvalue weighted by Crippen LogP contribution is 2.52. The molecule has 0 bridgehead atoms. The van der Waals surface area contributed by atoms with E-state index < -0.39 is 11.9 Å². The van der Waals surface area contributed by atoms with Crippen LogP contribution in [0.25, 0.3) is 0 Å². The highest BCUT2D eigenvalue weighted by atomic mass is 16.5. The van der Waals surface area contributed by atoms with E-state index in [1.807, 2.05) is 6.92 Å². The number of Topliss-reactive ketones (excluding diaryl/α,β-unsaturated/α-hetero) is 1. The van der Waals surface area contributed by atoms with E-state index in [4.69, 9.17) is 18.9 Å². The zero-order chi connectivity index (χ0) is 17.9. The zero-order valence-electron chi connectivity index (χ0n) is 14.8. The van der Waals surface area contributed by atoms with Crippen molar-refractivity contribution in [3.8, 4) is 17.2 Å². The lowest BCUT2D eigenvalue weighted by molar-refractivity contribution is -0.146. The molecule has 6 nitrogen and oxygen atoms in total. The topological polar surface area (TPSA) is 71.1 Å². The quantitative estimate of drug-likeness (QED) is 0.563. The number of hydrogen-bond acceptors (Lipinski definition) is 6. The second-order valence-electron chi connectivity index (χ2n) is 5.60. The second kappa shape index (κ2) is 7.55. The van der Waals surface area contributed by atoms with Crippen molar-refractivity contribution in [2.45, 2.75) is 32.6 Å². The number of carbonyl (C=O) groups is 2. The molecule has 1 aromatic carbocycles. The highest BCUT2D eigenvalue weighted by Gasteiger charge is 2.47. The van der Waals surface area contributed by atoms with Gasteiger partial charge in [-0.25, -0.2) is 0 Å². The first-order valence-corrected chi connectivity index (χ1v) is 8.09. The van der Waals surface area contributed by atoms with Crippen LogP contribution in [0, 0.1) is 5.92 Å². The maximum Gasteiger partial charge on any atom is 0.317 e. The molecule has 24 heavy (non-hydrogen) atoms. The highest BCUT2D eigenvalue weighted by molar-refractivity contribution is 6.14. The molecular formula is C18H24O6. The fraction of sp³-hybridized carbons (Fsp3) is 0.556. The normalized spacial score (nSPS) is 19.0. The van der Waals surface area contributed by atoms with Crippen LogP contribution in [0.2, 0.25) is 0 Å². The average Bonchev–Trinajstić information content (AvgIpc) is 2.85. The summed E-state index contributed by atoms with van der Waals surface area (Å²) in [6.07, 6.45) is 1.50. The van der Waals surface area contributed by atoms with Crippen molar-refractivity contribution >= 4 is 11.8 Å². The van der Waals surface area contributed by atoms with Crippen molar-refractivity contribution in [3.63, 3.8) is 0 Å². The third kappa shape index (κ3) is 2.81. The van der Waals surface area contributed by atoms with E-state index in [0.29, 0.717) is 34.8 Å². The SMILES string of the molecule is CCC[C@@H]1c2c(cc(OC)c(OC)c2OC)C(=O)[C@H]1C(=O)OCC. The number of carbonyl (C=O) groups excluding carboxylic acids is 2. The number of ether oxygens (including phenoxy) is 4. The third-order valence-electron chi connectivity index (χ3n) is 4.33. The summed E-state index contributed by atoms with van der Waals surface area (Å²) in [5.41, 5.74) is 1.15. The molecule has 2 rings (SSSR count). The van der Waals surface area contributed by atoms with Crippen LogP contribution in [0.4, 0.5) is 0 Å². The first kappa shape index (κ1) is 18.1. The molecular weight excluding hydrogens is 312 g/mol. The summed E-state index contributed by atoms with van der Waals surface area (Å²) in [6, 6.07) is 1.63. The fourth-order valence-electron chi connectivity index (χ4n) is 3.39. The third-order valence-corrected chi connectivity index (χ3v) is 4.33. The molecule has 0 saturated carbocycles. The van der Waals surface area contributed by atoms with Gasteiger partial charge in [-0.05, 0) is 19.4 Å². The van der Waals surface area contributed by atoms with Crippen molar-refractivity contribution in [3.05, 3.63) is 17.2 Å². The molecule has 0 heterocycles. The number of rotatable bonds is 7. The van der Waals surface area contributed by atoms with Crippen LogP contribution in [-0.4, -0.2) is 39.7 Å². The van der Waals surface area contributed by atoms with Crippen LogP contribution >= 0.6 is 0 Å². The van der Waals surface area contributed by atoms with Crippen LogP contribution in [0.3, 0.4) is 0 Å². The summed E-state index contributed by atoms with van der Waals surface area (Å²) >= 11 is 0.